The molecule has 0 radical (unpaired) electrons. The number of aromatic nitrogens is 2. The Morgan fingerprint density at radius 3 is 2.74 bits per heavy atom. The SMILES string of the molecule is C=C(C)C(=O)OCC(=O)OCC1OC(n2ccc(N)nc2=O)C(F)(F)C1O. The van der Waals surface area contributed by atoms with Gasteiger partial charge in [0, 0.05) is 11.8 Å². The number of carbonyl (C=O) groups is 2. The van der Waals surface area contributed by atoms with Crippen LogP contribution in [0.5, 0.6) is 0 Å². The van der Waals surface area contributed by atoms with Crippen LogP contribution in [0.2, 0.25) is 0 Å². The third-order valence-corrected chi connectivity index (χ3v) is 3.56. The van der Waals surface area contributed by atoms with E-state index in [1.54, 1.807) is 0 Å². The van der Waals surface area contributed by atoms with E-state index in [4.69, 9.17) is 10.5 Å². The Bertz CT molecular complexity index is 811. The maximum atomic E-state index is 14.3. The molecule has 0 spiro atoms. The standard InChI is InChI=1S/C15H17F2N3O7/c1-7(2)12(23)26-6-10(21)25-5-8-11(22)15(16,17)13(27-8)20-4-3-9(18)19-14(20)24/h3-4,8,11,13,22H,1,5-6H2,2H3,(H2,18,19,24). The number of nitrogens with two attached hydrogens (primary N) is 1. The van der Waals surface area contributed by atoms with Gasteiger partial charge in [-0.2, -0.15) is 13.8 Å². The molecule has 2 heterocycles. The minimum atomic E-state index is -3.87. The van der Waals surface area contributed by atoms with Crippen molar-refractivity contribution in [2.75, 3.05) is 18.9 Å². The smallest absolute Gasteiger partial charge is 0.351 e. The van der Waals surface area contributed by atoms with Gasteiger partial charge in [0.2, 0.25) is 6.23 Å². The van der Waals surface area contributed by atoms with E-state index >= 15 is 0 Å². The van der Waals surface area contributed by atoms with Gasteiger partial charge >= 0.3 is 23.6 Å². The topological polar surface area (TPSA) is 143 Å². The highest BCUT2D eigenvalue weighted by Gasteiger charge is 2.60. The molecule has 1 aliphatic heterocycles. The Balaban J connectivity index is 2.01. The first-order valence-corrected chi connectivity index (χ1v) is 7.58. The summed E-state index contributed by atoms with van der Waals surface area (Å²) < 4.78 is 43.2. The number of aliphatic hydroxyl groups excluding tert-OH is 1. The summed E-state index contributed by atoms with van der Waals surface area (Å²) in [6.07, 6.45) is -5.22. The summed E-state index contributed by atoms with van der Waals surface area (Å²) >= 11 is 0. The van der Waals surface area contributed by atoms with Crippen molar-refractivity contribution in [3.63, 3.8) is 0 Å². The van der Waals surface area contributed by atoms with Crippen LogP contribution in [0.25, 0.3) is 0 Å². The summed E-state index contributed by atoms with van der Waals surface area (Å²) in [5.41, 5.74) is 4.25. The van der Waals surface area contributed by atoms with Gasteiger partial charge in [-0.05, 0) is 13.0 Å². The Morgan fingerprint density at radius 1 is 1.48 bits per heavy atom. The van der Waals surface area contributed by atoms with Gasteiger partial charge in [-0.1, -0.05) is 6.58 Å². The van der Waals surface area contributed by atoms with Crippen LogP contribution in [0.15, 0.2) is 29.2 Å². The second-order valence-corrected chi connectivity index (χ2v) is 5.73. The average Bonchev–Trinajstić information content (AvgIpc) is 2.81. The molecule has 1 aromatic rings. The zero-order valence-corrected chi connectivity index (χ0v) is 14.1. The molecular weight excluding hydrogens is 372 g/mol. The van der Waals surface area contributed by atoms with E-state index in [-0.39, 0.29) is 11.4 Å². The predicted molar refractivity (Wildman–Crippen MR) is 84.5 cm³/mol. The predicted octanol–water partition coefficient (Wildman–Crippen LogP) is -0.618. The van der Waals surface area contributed by atoms with Crippen LogP contribution in [-0.4, -0.2) is 57.9 Å². The lowest BCUT2D eigenvalue weighted by Crippen LogP contribution is -2.42. The van der Waals surface area contributed by atoms with Crippen LogP contribution in [-0.2, 0) is 23.8 Å². The summed E-state index contributed by atoms with van der Waals surface area (Å²) in [7, 11) is 0. The van der Waals surface area contributed by atoms with Gasteiger partial charge in [0.05, 0.1) is 0 Å². The van der Waals surface area contributed by atoms with Crippen LogP contribution < -0.4 is 11.4 Å². The number of ether oxygens (including phenoxy) is 3. The molecule has 0 aromatic carbocycles. The molecule has 0 aliphatic carbocycles. The molecule has 3 atom stereocenters. The van der Waals surface area contributed by atoms with E-state index in [2.05, 4.69) is 21.0 Å². The number of nitrogens with zero attached hydrogens (tertiary/aromatic N) is 2. The van der Waals surface area contributed by atoms with Crippen molar-refractivity contribution in [1.29, 1.82) is 0 Å². The summed E-state index contributed by atoms with van der Waals surface area (Å²) in [5, 5.41) is 9.77. The first kappa shape index (κ1) is 20.5. The molecule has 0 bridgehead atoms. The van der Waals surface area contributed by atoms with Crippen molar-refractivity contribution in [3.8, 4) is 0 Å². The number of alkyl halides is 2. The molecule has 0 saturated carbocycles. The molecule has 1 aromatic heterocycles. The number of nitrogen functional groups attached to an aromatic ring is 1. The van der Waals surface area contributed by atoms with E-state index in [1.165, 1.54) is 6.92 Å². The minimum absolute atomic E-state index is 0.0578. The zero-order chi connectivity index (χ0) is 20.4. The molecule has 1 aliphatic rings. The van der Waals surface area contributed by atoms with Gasteiger partial charge in [0.1, 0.15) is 18.5 Å². The molecule has 27 heavy (non-hydrogen) atoms. The Kier molecular flexibility index (Phi) is 5.91. The number of aliphatic hydroxyl groups is 1. The number of rotatable bonds is 6. The van der Waals surface area contributed by atoms with E-state index in [9.17, 15) is 28.3 Å². The van der Waals surface area contributed by atoms with Gasteiger partial charge in [-0.15, -0.1) is 0 Å². The number of halogens is 2. The fourth-order valence-electron chi connectivity index (χ4n) is 2.17. The fraction of sp³-hybridized carbons (Fsp3) is 0.467. The molecule has 1 fully saturated rings. The molecule has 1 saturated heterocycles. The van der Waals surface area contributed by atoms with Crippen LogP contribution >= 0.6 is 0 Å². The van der Waals surface area contributed by atoms with Gasteiger partial charge in [-0.25, -0.2) is 14.4 Å². The van der Waals surface area contributed by atoms with Gasteiger partial charge < -0.3 is 25.1 Å². The lowest BCUT2D eigenvalue weighted by Gasteiger charge is -2.20. The van der Waals surface area contributed by atoms with E-state index in [0.717, 1.165) is 12.3 Å². The average molecular weight is 389 g/mol. The summed E-state index contributed by atoms with van der Waals surface area (Å²) in [5.74, 6) is -5.91. The van der Waals surface area contributed by atoms with Gasteiger partial charge in [0.25, 0.3) is 0 Å². The zero-order valence-electron chi connectivity index (χ0n) is 14.1. The molecule has 3 N–H and O–H groups in total. The molecule has 12 heteroatoms. The van der Waals surface area contributed by atoms with E-state index in [1.807, 2.05) is 0 Å². The van der Waals surface area contributed by atoms with Crippen LogP contribution in [0.4, 0.5) is 14.6 Å². The maximum absolute atomic E-state index is 14.3. The van der Waals surface area contributed by atoms with E-state index < -0.39 is 55.2 Å². The second kappa shape index (κ2) is 7.80. The monoisotopic (exact) mass is 389 g/mol. The first-order valence-electron chi connectivity index (χ1n) is 7.58. The Hall–Kier alpha value is -2.86. The molecular formula is C15H17F2N3O7. The third-order valence-electron chi connectivity index (χ3n) is 3.56. The first-order chi connectivity index (χ1) is 12.5. The number of anilines is 1. The normalized spacial score (nSPS) is 23.6. The summed E-state index contributed by atoms with van der Waals surface area (Å²) in [6.45, 7) is 3.16. The Morgan fingerprint density at radius 2 is 2.15 bits per heavy atom. The number of carbonyl (C=O) groups excluding carboxylic acids is 2. The van der Waals surface area contributed by atoms with Gasteiger partial charge in [0.15, 0.2) is 12.7 Å². The van der Waals surface area contributed by atoms with E-state index in [0.29, 0.717) is 4.57 Å². The number of esters is 2. The number of hydrogen-bond donors (Lipinski definition) is 2. The van der Waals surface area contributed by atoms with Crippen LogP contribution in [0.1, 0.15) is 13.2 Å². The lowest BCUT2D eigenvalue weighted by atomic mass is 10.1. The highest BCUT2D eigenvalue weighted by molar-refractivity contribution is 5.88. The van der Waals surface area contributed by atoms with Crippen LogP contribution in [0.3, 0.4) is 0 Å². The molecule has 10 nitrogen and oxygen atoms in total. The van der Waals surface area contributed by atoms with Crippen molar-refractivity contribution < 1.29 is 37.7 Å². The summed E-state index contributed by atoms with van der Waals surface area (Å²) in [4.78, 5) is 37.7. The van der Waals surface area contributed by atoms with Crippen molar-refractivity contribution in [3.05, 3.63) is 34.9 Å². The second-order valence-electron chi connectivity index (χ2n) is 5.73. The molecule has 148 valence electrons. The highest BCUT2D eigenvalue weighted by Crippen LogP contribution is 2.42. The Labute approximate surface area is 151 Å². The fourth-order valence-corrected chi connectivity index (χ4v) is 2.17. The molecule has 3 unspecified atom stereocenters. The maximum Gasteiger partial charge on any atom is 0.351 e. The van der Waals surface area contributed by atoms with Crippen molar-refractivity contribution >= 4 is 17.8 Å². The summed E-state index contributed by atoms with van der Waals surface area (Å²) in [6, 6.07) is 1.11. The molecule has 2 rings (SSSR count). The lowest BCUT2D eigenvalue weighted by molar-refractivity contribution is -0.161. The largest absolute Gasteiger partial charge is 0.460 e. The number of hydrogen-bond acceptors (Lipinski definition) is 9. The van der Waals surface area contributed by atoms with Crippen molar-refractivity contribution in [2.45, 2.75) is 31.3 Å². The highest BCUT2D eigenvalue weighted by atomic mass is 19.3. The van der Waals surface area contributed by atoms with Gasteiger partial charge in [-0.3, -0.25) is 4.57 Å². The van der Waals surface area contributed by atoms with Crippen molar-refractivity contribution in [2.24, 2.45) is 0 Å². The minimum Gasteiger partial charge on any atom is -0.460 e. The third kappa shape index (κ3) is 4.46. The quantitative estimate of drug-likeness (QED) is 0.481. The molecule has 0 amide bonds. The van der Waals surface area contributed by atoms with Crippen molar-refractivity contribution in [1.82, 2.24) is 9.55 Å². The van der Waals surface area contributed by atoms with Crippen LogP contribution in [0, 0.1) is 0 Å².